The molecule has 160 valence electrons. The molecule has 0 bridgehead atoms. The molecule has 0 saturated carbocycles. The number of rotatable bonds is 8. The molecule has 0 aromatic heterocycles. The number of thiol groups is 1. The van der Waals surface area contributed by atoms with Crippen LogP contribution >= 0.6 is 12.6 Å². The molecule has 0 radical (unpaired) electrons. The summed E-state index contributed by atoms with van der Waals surface area (Å²) in [5, 5.41) is -0.172. The fraction of sp³-hybridized carbons (Fsp3) is 0.296. The van der Waals surface area contributed by atoms with Gasteiger partial charge in [0.15, 0.2) is 0 Å². The molecule has 1 fully saturated rings. The Kier molecular flexibility index (Phi) is 7.57. The quantitative estimate of drug-likeness (QED) is 0.503. The largest absolute Gasteiger partial charge is 0.301 e. The summed E-state index contributed by atoms with van der Waals surface area (Å²) in [6, 6.07) is 29.9. The van der Waals surface area contributed by atoms with E-state index in [-0.39, 0.29) is 5.12 Å². The van der Waals surface area contributed by atoms with Crippen molar-refractivity contribution >= 4 is 17.7 Å². The Morgan fingerprint density at radius 1 is 0.774 bits per heavy atom. The predicted molar refractivity (Wildman–Crippen MR) is 131 cm³/mol. The maximum absolute atomic E-state index is 11.3. The van der Waals surface area contributed by atoms with Gasteiger partial charge in [-0.3, -0.25) is 9.69 Å². The van der Waals surface area contributed by atoms with Crippen LogP contribution in [0.5, 0.6) is 0 Å². The van der Waals surface area contributed by atoms with Crippen LogP contribution in [0.25, 0.3) is 0 Å². The van der Waals surface area contributed by atoms with Crippen molar-refractivity contribution in [1.29, 1.82) is 0 Å². The molecule has 0 amide bonds. The van der Waals surface area contributed by atoms with Gasteiger partial charge in [0.25, 0.3) is 0 Å². The normalized spacial score (nSPS) is 15.3. The van der Waals surface area contributed by atoms with Crippen LogP contribution in [-0.4, -0.2) is 47.6 Å². The van der Waals surface area contributed by atoms with Gasteiger partial charge in [-0.05, 0) is 36.1 Å². The lowest BCUT2D eigenvalue weighted by atomic mass is 9.96. The summed E-state index contributed by atoms with van der Waals surface area (Å²) < 4.78 is 0. The number of hydrogen-bond donors (Lipinski definition) is 1. The van der Waals surface area contributed by atoms with Crippen molar-refractivity contribution < 1.29 is 4.79 Å². The van der Waals surface area contributed by atoms with Crippen molar-refractivity contribution in [1.82, 2.24) is 9.80 Å². The second kappa shape index (κ2) is 10.8. The third-order valence-electron chi connectivity index (χ3n) is 6.14. The van der Waals surface area contributed by atoms with Crippen LogP contribution in [0.15, 0.2) is 84.9 Å². The van der Waals surface area contributed by atoms with E-state index in [4.69, 9.17) is 0 Å². The average molecular weight is 431 g/mol. The molecule has 0 spiro atoms. The lowest BCUT2D eigenvalue weighted by Gasteiger charge is -2.39. The van der Waals surface area contributed by atoms with Gasteiger partial charge in [-0.15, -0.1) is 12.6 Å². The minimum atomic E-state index is -0.172. The van der Waals surface area contributed by atoms with Gasteiger partial charge in [0, 0.05) is 31.7 Å². The highest BCUT2D eigenvalue weighted by atomic mass is 32.1. The fourth-order valence-electron chi connectivity index (χ4n) is 4.45. The zero-order valence-electron chi connectivity index (χ0n) is 17.9. The fourth-order valence-corrected chi connectivity index (χ4v) is 4.60. The topological polar surface area (TPSA) is 23.6 Å². The molecule has 1 aliphatic rings. The molecule has 0 N–H and O–H groups in total. The molecule has 4 rings (SSSR count). The van der Waals surface area contributed by atoms with Crippen LogP contribution in [0.1, 0.15) is 39.5 Å². The van der Waals surface area contributed by atoms with Gasteiger partial charge < -0.3 is 4.90 Å². The number of hydrogen-bond acceptors (Lipinski definition) is 3. The number of carbonyl (C=O) groups is 1. The Morgan fingerprint density at radius 3 is 1.84 bits per heavy atom. The highest BCUT2D eigenvalue weighted by Gasteiger charge is 2.26. The number of nitrogens with zero attached hydrogens (tertiary/aromatic N) is 2. The molecule has 0 aliphatic carbocycles. The third-order valence-corrected chi connectivity index (χ3v) is 6.40. The van der Waals surface area contributed by atoms with Gasteiger partial charge in [-0.1, -0.05) is 84.9 Å². The molecule has 1 saturated heterocycles. The highest BCUT2D eigenvalue weighted by Crippen LogP contribution is 2.29. The lowest BCUT2D eigenvalue weighted by molar-refractivity contribution is 0.108. The van der Waals surface area contributed by atoms with Crippen molar-refractivity contribution in [2.45, 2.75) is 18.9 Å². The summed E-state index contributed by atoms with van der Waals surface area (Å²) in [7, 11) is 0. The highest BCUT2D eigenvalue weighted by molar-refractivity contribution is 7.97. The van der Waals surface area contributed by atoms with Crippen molar-refractivity contribution in [3.8, 4) is 0 Å². The van der Waals surface area contributed by atoms with Gasteiger partial charge in [-0.2, -0.15) is 0 Å². The first-order chi connectivity index (χ1) is 15.2. The summed E-state index contributed by atoms with van der Waals surface area (Å²) in [6.07, 6.45) is 2.17. The van der Waals surface area contributed by atoms with Gasteiger partial charge in [0.1, 0.15) is 0 Å². The molecular weight excluding hydrogens is 400 g/mol. The zero-order chi connectivity index (χ0) is 21.5. The number of benzene rings is 3. The molecule has 4 heteroatoms. The van der Waals surface area contributed by atoms with E-state index >= 15 is 0 Å². The van der Waals surface area contributed by atoms with Crippen molar-refractivity contribution in [2.75, 3.05) is 32.7 Å². The van der Waals surface area contributed by atoms with E-state index in [9.17, 15) is 4.79 Å². The second-order valence-corrected chi connectivity index (χ2v) is 8.61. The van der Waals surface area contributed by atoms with Gasteiger partial charge in [0.2, 0.25) is 5.12 Å². The molecule has 31 heavy (non-hydrogen) atoms. The Balaban J connectivity index is 1.31. The SMILES string of the molecule is O=C(S)c1ccc(CCCN2CCN(C(c3ccccc3)c3ccccc3)CC2)cc1. The Morgan fingerprint density at radius 2 is 1.32 bits per heavy atom. The van der Waals surface area contributed by atoms with E-state index in [0.29, 0.717) is 11.6 Å². The van der Waals surface area contributed by atoms with Crippen LogP contribution in [-0.2, 0) is 6.42 Å². The summed E-state index contributed by atoms with van der Waals surface area (Å²) in [5.41, 5.74) is 4.68. The summed E-state index contributed by atoms with van der Waals surface area (Å²) in [4.78, 5) is 16.5. The van der Waals surface area contributed by atoms with E-state index in [1.54, 1.807) is 0 Å². The molecular formula is C27H30N2OS. The number of aryl methyl sites for hydroxylation is 1. The minimum Gasteiger partial charge on any atom is -0.301 e. The molecule has 1 aliphatic heterocycles. The number of piperazine rings is 1. The maximum atomic E-state index is 11.3. The summed E-state index contributed by atoms with van der Waals surface area (Å²) >= 11 is 3.88. The summed E-state index contributed by atoms with van der Waals surface area (Å²) in [6.45, 7) is 5.47. The monoisotopic (exact) mass is 430 g/mol. The zero-order valence-corrected chi connectivity index (χ0v) is 18.8. The first-order valence-electron chi connectivity index (χ1n) is 11.1. The van der Waals surface area contributed by atoms with Gasteiger partial charge >= 0.3 is 0 Å². The predicted octanol–water partition coefficient (Wildman–Crippen LogP) is 5.10. The lowest BCUT2D eigenvalue weighted by Crippen LogP contribution is -2.48. The van der Waals surface area contributed by atoms with Gasteiger partial charge in [-0.25, -0.2) is 0 Å². The average Bonchev–Trinajstić information content (AvgIpc) is 2.82. The first kappa shape index (κ1) is 21.8. The molecule has 0 unspecified atom stereocenters. The van der Waals surface area contributed by atoms with E-state index in [2.05, 4.69) is 83.1 Å². The van der Waals surface area contributed by atoms with E-state index in [1.807, 2.05) is 24.3 Å². The maximum Gasteiger partial charge on any atom is 0.216 e. The smallest absolute Gasteiger partial charge is 0.216 e. The van der Waals surface area contributed by atoms with Crippen LogP contribution in [0.3, 0.4) is 0 Å². The van der Waals surface area contributed by atoms with E-state index < -0.39 is 0 Å². The van der Waals surface area contributed by atoms with Crippen LogP contribution < -0.4 is 0 Å². The van der Waals surface area contributed by atoms with Crippen LogP contribution in [0.2, 0.25) is 0 Å². The molecule has 3 aromatic rings. The van der Waals surface area contributed by atoms with Gasteiger partial charge in [0.05, 0.1) is 6.04 Å². The Labute approximate surface area is 191 Å². The summed E-state index contributed by atoms with van der Waals surface area (Å²) in [5.74, 6) is 0. The Bertz CT molecular complexity index is 912. The standard InChI is InChI=1S/C27H30N2OS/c30-27(31)25-15-13-22(14-16-25)8-7-17-28-18-20-29(21-19-28)26(23-9-3-1-4-10-23)24-11-5-2-6-12-24/h1-6,9-16,26H,7-8,17-21H2,(H,30,31). The van der Waals surface area contributed by atoms with Crippen LogP contribution in [0, 0.1) is 0 Å². The number of carbonyl (C=O) groups excluding carboxylic acids is 1. The molecule has 0 atom stereocenters. The molecule has 3 nitrogen and oxygen atoms in total. The first-order valence-corrected chi connectivity index (χ1v) is 11.5. The van der Waals surface area contributed by atoms with Crippen molar-refractivity contribution in [3.63, 3.8) is 0 Å². The van der Waals surface area contributed by atoms with E-state index in [0.717, 1.165) is 45.6 Å². The third kappa shape index (κ3) is 5.85. The van der Waals surface area contributed by atoms with E-state index in [1.165, 1.54) is 16.7 Å². The van der Waals surface area contributed by atoms with Crippen molar-refractivity contribution in [2.24, 2.45) is 0 Å². The Hall–Kier alpha value is -2.40. The van der Waals surface area contributed by atoms with Crippen molar-refractivity contribution in [3.05, 3.63) is 107 Å². The molecule has 1 heterocycles. The molecule has 3 aromatic carbocycles. The van der Waals surface area contributed by atoms with Crippen LogP contribution in [0.4, 0.5) is 0 Å². The second-order valence-electron chi connectivity index (χ2n) is 8.21. The minimum absolute atomic E-state index is 0.172.